The van der Waals surface area contributed by atoms with Crippen LogP contribution in [0.25, 0.3) is 16.6 Å². The number of nitrogens with two attached hydrogens (primary N) is 1. The summed E-state index contributed by atoms with van der Waals surface area (Å²) >= 11 is 0. The number of halogens is 2. The van der Waals surface area contributed by atoms with Crippen molar-refractivity contribution in [3.63, 3.8) is 0 Å². The number of piperidine rings is 1. The third-order valence-corrected chi connectivity index (χ3v) is 7.03. The Morgan fingerprint density at radius 3 is 2.83 bits per heavy atom. The van der Waals surface area contributed by atoms with Gasteiger partial charge in [0.25, 0.3) is 5.92 Å². The molecule has 184 valence electrons. The summed E-state index contributed by atoms with van der Waals surface area (Å²) in [5.41, 5.74) is 6.95. The van der Waals surface area contributed by atoms with Crippen molar-refractivity contribution in [2.75, 3.05) is 30.8 Å². The first-order chi connectivity index (χ1) is 16.7. The Kier molecular flexibility index (Phi) is 4.85. The Morgan fingerprint density at radius 2 is 2.09 bits per heavy atom. The molecule has 0 unspecified atom stereocenters. The summed E-state index contributed by atoms with van der Waals surface area (Å²) in [5, 5.41) is 19.9. The standard InChI is InChI=1S/C23H26F2N8O2/c1-35-17-5-2-4-16-18(17)28-21(26)33-20(16)29-19(30-33)14-8-23(24,25)13-31(10-14)15-9-27-32(11-15)12-22(34)6-3-7-22/h2,4-5,9,11,14,34H,3,6-8,10,12-13H2,1H3,(H2,26,28)/t14-/m1/s1. The maximum Gasteiger partial charge on any atom is 0.266 e. The number of nitrogens with zero attached hydrogens (tertiary/aromatic N) is 7. The minimum Gasteiger partial charge on any atom is -0.494 e. The van der Waals surface area contributed by atoms with Crippen LogP contribution in [0.2, 0.25) is 0 Å². The van der Waals surface area contributed by atoms with E-state index in [-0.39, 0.29) is 18.2 Å². The number of aliphatic hydroxyl groups is 1. The van der Waals surface area contributed by atoms with Crippen LogP contribution in [0.15, 0.2) is 30.6 Å². The summed E-state index contributed by atoms with van der Waals surface area (Å²) in [5.74, 6) is -2.64. The van der Waals surface area contributed by atoms with Crippen molar-refractivity contribution >= 4 is 28.2 Å². The van der Waals surface area contributed by atoms with Crippen molar-refractivity contribution in [3.05, 3.63) is 36.4 Å². The second kappa shape index (κ2) is 7.74. The van der Waals surface area contributed by atoms with E-state index in [0.717, 1.165) is 19.3 Å². The quantitative estimate of drug-likeness (QED) is 0.444. The van der Waals surface area contributed by atoms with Gasteiger partial charge in [-0.3, -0.25) is 4.68 Å². The van der Waals surface area contributed by atoms with E-state index < -0.39 is 24.0 Å². The molecule has 10 nitrogen and oxygen atoms in total. The van der Waals surface area contributed by atoms with Gasteiger partial charge in [0, 0.05) is 30.5 Å². The molecule has 35 heavy (non-hydrogen) atoms. The van der Waals surface area contributed by atoms with Gasteiger partial charge in [0.15, 0.2) is 11.5 Å². The van der Waals surface area contributed by atoms with E-state index in [1.807, 2.05) is 12.1 Å². The SMILES string of the molecule is COc1cccc2c1nc(N)n1nc([C@H]3CN(c4cnn(CC5(O)CCC5)c4)CC(F)(F)C3)nc21. The molecule has 1 aliphatic heterocycles. The van der Waals surface area contributed by atoms with Crippen molar-refractivity contribution in [2.24, 2.45) is 0 Å². The minimum absolute atomic E-state index is 0.102. The Hall–Kier alpha value is -3.54. The lowest BCUT2D eigenvalue weighted by Crippen LogP contribution is -2.46. The van der Waals surface area contributed by atoms with Crippen LogP contribution in [0, 0.1) is 0 Å². The van der Waals surface area contributed by atoms with Crippen molar-refractivity contribution in [1.82, 2.24) is 29.4 Å². The monoisotopic (exact) mass is 484 g/mol. The lowest BCUT2D eigenvalue weighted by atomic mass is 9.80. The van der Waals surface area contributed by atoms with Crippen LogP contribution in [0.3, 0.4) is 0 Å². The number of alkyl halides is 2. The summed E-state index contributed by atoms with van der Waals surface area (Å²) in [6.45, 7) is 0.241. The number of aromatic nitrogens is 6. The van der Waals surface area contributed by atoms with Crippen LogP contribution in [0.1, 0.15) is 37.4 Å². The topological polar surface area (TPSA) is 120 Å². The number of rotatable bonds is 5. The van der Waals surface area contributed by atoms with Crippen LogP contribution in [-0.4, -0.2) is 66.2 Å². The number of hydrogen-bond acceptors (Lipinski definition) is 8. The third-order valence-electron chi connectivity index (χ3n) is 7.03. The molecule has 3 N–H and O–H groups in total. The number of hydrogen-bond donors (Lipinski definition) is 2. The number of anilines is 2. The fourth-order valence-electron chi connectivity index (χ4n) is 5.10. The van der Waals surface area contributed by atoms with Gasteiger partial charge in [-0.25, -0.2) is 18.7 Å². The maximum atomic E-state index is 14.9. The van der Waals surface area contributed by atoms with E-state index in [9.17, 15) is 13.9 Å². The molecular weight excluding hydrogens is 458 g/mol. The largest absolute Gasteiger partial charge is 0.494 e. The number of fused-ring (bicyclic) bond motifs is 3. The average molecular weight is 485 g/mol. The summed E-state index contributed by atoms with van der Waals surface area (Å²) in [7, 11) is 1.54. The van der Waals surface area contributed by atoms with Crippen LogP contribution in [-0.2, 0) is 6.54 Å². The van der Waals surface area contributed by atoms with E-state index >= 15 is 0 Å². The Morgan fingerprint density at radius 1 is 1.26 bits per heavy atom. The maximum absolute atomic E-state index is 14.9. The molecule has 1 aromatic carbocycles. The van der Waals surface area contributed by atoms with Gasteiger partial charge < -0.3 is 20.5 Å². The van der Waals surface area contributed by atoms with Crippen LogP contribution in [0.5, 0.6) is 5.75 Å². The zero-order chi connectivity index (χ0) is 24.4. The second-order valence-corrected chi connectivity index (χ2v) is 9.64. The fourth-order valence-corrected chi connectivity index (χ4v) is 5.10. The number of nitrogen functional groups attached to an aromatic ring is 1. The predicted octanol–water partition coefficient (Wildman–Crippen LogP) is 2.61. The van der Waals surface area contributed by atoms with Gasteiger partial charge in [-0.2, -0.15) is 9.61 Å². The molecule has 2 aliphatic rings. The Balaban J connectivity index is 1.33. The minimum atomic E-state index is -2.94. The molecular formula is C23H26F2N8O2. The second-order valence-electron chi connectivity index (χ2n) is 9.64. The molecule has 1 atom stereocenters. The van der Waals surface area contributed by atoms with Crippen LogP contribution >= 0.6 is 0 Å². The van der Waals surface area contributed by atoms with E-state index in [2.05, 4.69) is 20.2 Å². The molecule has 0 amide bonds. The van der Waals surface area contributed by atoms with Gasteiger partial charge in [-0.1, -0.05) is 6.07 Å². The highest BCUT2D eigenvalue weighted by atomic mass is 19.3. The van der Waals surface area contributed by atoms with E-state index in [4.69, 9.17) is 10.5 Å². The molecule has 4 heterocycles. The van der Waals surface area contributed by atoms with Crippen LogP contribution < -0.4 is 15.4 Å². The van der Waals surface area contributed by atoms with Crippen LogP contribution in [0.4, 0.5) is 20.4 Å². The Bertz CT molecular complexity index is 1410. The molecule has 2 fully saturated rings. The summed E-state index contributed by atoms with van der Waals surface area (Å²) < 4.78 is 38.2. The van der Waals surface area contributed by atoms with Gasteiger partial charge >= 0.3 is 0 Å². The lowest BCUT2D eigenvalue weighted by molar-refractivity contribution is -0.0498. The van der Waals surface area contributed by atoms with Gasteiger partial charge in [0.05, 0.1) is 37.7 Å². The molecule has 4 aromatic rings. The molecule has 6 rings (SSSR count). The molecule has 0 radical (unpaired) electrons. The normalized spacial score (nSPS) is 21.4. The van der Waals surface area contributed by atoms with Gasteiger partial charge in [0.1, 0.15) is 11.3 Å². The molecule has 3 aromatic heterocycles. The van der Waals surface area contributed by atoms with Crippen molar-refractivity contribution in [1.29, 1.82) is 0 Å². The molecule has 0 spiro atoms. The summed E-state index contributed by atoms with van der Waals surface area (Å²) in [6, 6.07) is 5.40. The first kappa shape index (κ1) is 22.0. The average Bonchev–Trinajstić information content (AvgIpc) is 3.45. The first-order valence-corrected chi connectivity index (χ1v) is 11.6. The van der Waals surface area contributed by atoms with Crippen molar-refractivity contribution < 1.29 is 18.6 Å². The highest BCUT2D eigenvalue weighted by Crippen LogP contribution is 2.38. The van der Waals surface area contributed by atoms with Crippen molar-refractivity contribution in [2.45, 2.75) is 49.7 Å². The van der Waals surface area contributed by atoms with Gasteiger partial charge in [-0.15, -0.1) is 5.10 Å². The molecule has 0 bridgehead atoms. The van der Waals surface area contributed by atoms with E-state index in [1.165, 1.54) is 4.52 Å². The number of para-hydroxylation sites is 1. The predicted molar refractivity (Wildman–Crippen MR) is 125 cm³/mol. The van der Waals surface area contributed by atoms with E-state index in [1.54, 1.807) is 35.2 Å². The highest BCUT2D eigenvalue weighted by Gasteiger charge is 2.43. The zero-order valence-electron chi connectivity index (χ0n) is 19.2. The zero-order valence-corrected chi connectivity index (χ0v) is 19.2. The fraction of sp³-hybridized carbons (Fsp3) is 0.478. The molecule has 12 heteroatoms. The number of benzene rings is 1. The Labute approximate surface area is 199 Å². The van der Waals surface area contributed by atoms with E-state index in [0.29, 0.717) is 41.1 Å². The van der Waals surface area contributed by atoms with Gasteiger partial charge in [-0.05, 0) is 31.4 Å². The third kappa shape index (κ3) is 3.81. The van der Waals surface area contributed by atoms with Gasteiger partial charge in [0.2, 0.25) is 5.95 Å². The molecule has 1 aliphatic carbocycles. The number of methoxy groups -OCH3 is 1. The number of ether oxygens (including phenoxy) is 1. The molecule has 1 saturated carbocycles. The lowest BCUT2D eigenvalue weighted by Gasteiger charge is -2.37. The highest BCUT2D eigenvalue weighted by molar-refractivity contribution is 5.95. The van der Waals surface area contributed by atoms with Crippen molar-refractivity contribution in [3.8, 4) is 5.75 Å². The smallest absolute Gasteiger partial charge is 0.266 e. The molecule has 1 saturated heterocycles. The summed E-state index contributed by atoms with van der Waals surface area (Å²) in [4.78, 5) is 10.6. The first-order valence-electron chi connectivity index (χ1n) is 11.6. The summed E-state index contributed by atoms with van der Waals surface area (Å²) in [6.07, 6.45) is 5.35.